The molecule has 0 fully saturated rings. The third kappa shape index (κ3) is 2.44. The Balaban J connectivity index is 2.47. The number of fused-ring (bicyclic) bond motifs is 2. The Bertz CT molecular complexity index is 774. The average molecular weight is 290 g/mol. The van der Waals surface area contributed by atoms with Gasteiger partial charge < -0.3 is 10.2 Å². The molecular formula is C16H12B2O4. The summed E-state index contributed by atoms with van der Waals surface area (Å²) in [4.78, 5) is 22.4. The highest BCUT2D eigenvalue weighted by atomic mass is 16.4. The summed E-state index contributed by atoms with van der Waals surface area (Å²) >= 11 is 0. The van der Waals surface area contributed by atoms with Crippen LogP contribution in [0.1, 0.15) is 0 Å². The van der Waals surface area contributed by atoms with Crippen LogP contribution in [-0.2, 0) is 0 Å². The molecule has 0 aliphatic heterocycles. The zero-order valence-electron chi connectivity index (χ0n) is 11.7. The van der Waals surface area contributed by atoms with Crippen LogP contribution in [0.25, 0.3) is 21.5 Å². The van der Waals surface area contributed by atoms with Gasteiger partial charge in [-0.1, -0.05) is 59.5 Å². The van der Waals surface area contributed by atoms with Crippen molar-refractivity contribution in [3.8, 4) is 0 Å². The van der Waals surface area contributed by atoms with Gasteiger partial charge in [-0.15, -0.1) is 0 Å². The number of hydrogen-bond donors (Lipinski definition) is 2. The molecule has 2 N–H and O–H groups in total. The van der Waals surface area contributed by atoms with E-state index in [1.807, 2.05) is 48.5 Å². The van der Waals surface area contributed by atoms with Crippen molar-refractivity contribution in [1.82, 2.24) is 0 Å². The lowest BCUT2D eigenvalue weighted by atomic mass is 9.61. The highest BCUT2D eigenvalue weighted by Crippen LogP contribution is 2.18. The molecule has 106 valence electrons. The molecule has 0 heterocycles. The fraction of sp³-hybridized carbons (Fsp3) is 0. The van der Waals surface area contributed by atoms with E-state index in [4.69, 9.17) is 0 Å². The van der Waals surface area contributed by atoms with E-state index in [1.165, 1.54) is 0 Å². The van der Waals surface area contributed by atoms with E-state index in [-0.39, 0.29) is 14.6 Å². The van der Waals surface area contributed by atoms with Gasteiger partial charge in [-0.05, 0) is 21.5 Å². The topological polar surface area (TPSA) is 74.6 Å². The normalized spacial score (nSPS) is 10.5. The van der Waals surface area contributed by atoms with E-state index in [0.717, 1.165) is 32.5 Å². The second-order valence-corrected chi connectivity index (χ2v) is 5.19. The van der Waals surface area contributed by atoms with Gasteiger partial charge in [0.05, 0.1) is 0 Å². The number of carboxylic acid groups (broad SMARTS) is 2. The van der Waals surface area contributed by atoms with Crippen molar-refractivity contribution in [3.05, 3.63) is 48.5 Å². The van der Waals surface area contributed by atoms with Gasteiger partial charge in [0.2, 0.25) is 0 Å². The van der Waals surface area contributed by atoms with Crippen molar-refractivity contribution in [2.75, 3.05) is 0 Å². The molecule has 0 aliphatic rings. The Morgan fingerprint density at radius 3 is 1.14 bits per heavy atom. The molecule has 0 saturated carbocycles. The first-order chi connectivity index (χ1) is 10.6. The van der Waals surface area contributed by atoms with Crippen LogP contribution in [0.4, 0.5) is 9.59 Å². The first-order valence-electron chi connectivity index (χ1n) is 6.92. The predicted molar refractivity (Wildman–Crippen MR) is 91.1 cm³/mol. The molecule has 3 aromatic carbocycles. The number of hydrogen-bond acceptors (Lipinski definition) is 2. The third-order valence-electron chi connectivity index (χ3n) is 3.81. The number of carbonyl (C=O) groups is 2. The maximum absolute atomic E-state index is 11.2. The standard InChI is InChI=1S/C16H12B2O4/c19-15(20)17-13-9-5-1-2-6-10(9)14(18-16(21)22)12-8-4-3-7-11(12)13/h1-8,17-18H,(H,19,20)(H,21,22). The fourth-order valence-electron chi connectivity index (χ4n) is 2.99. The summed E-state index contributed by atoms with van der Waals surface area (Å²) in [6.45, 7) is 0. The molecule has 3 aromatic rings. The summed E-state index contributed by atoms with van der Waals surface area (Å²) in [7, 11) is -0.178. The van der Waals surface area contributed by atoms with E-state index < -0.39 is 11.7 Å². The highest BCUT2D eigenvalue weighted by Gasteiger charge is 2.18. The lowest BCUT2D eigenvalue weighted by Crippen LogP contribution is -2.30. The van der Waals surface area contributed by atoms with Crippen LogP contribution in [0, 0.1) is 0 Å². The van der Waals surface area contributed by atoms with Crippen molar-refractivity contribution in [1.29, 1.82) is 0 Å². The first kappa shape index (κ1) is 14.2. The molecular weight excluding hydrogens is 278 g/mol. The van der Waals surface area contributed by atoms with Crippen LogP contribution in [0.3, 0.4) is 0 Å². The van der Waals surface area contributed by atoms with Crippen LogP contribution in [-0.4, -0.2) is 36.5 Å². The molecule has 22 heavy (non-hydrogen) atoms. The molecule has 0 bridgehead atoms. The van der Waals surface area contributed by atoms with Gasteiger partial charge in [-0.3, -0.25) is 9.59 Å². The first-order valence-corrected chi connectivity index (χ1v) is 6.92. The second kappa shape index (κ2) is 5.56. The number of benzene rings is 3. The van der Waals surface area contributed by atoms with Crippen molar-refractivity contribution in [2.24, 2.45) is 0 Å². The molecule has 0 radical (unpaired) electrons. The SMILES string of the molecule is O=C(O)Bc1c2ccccc2c(BC(=O)O)c2ccccc12. The van der Waals surface area contributed by atoms with Gasteiger partial charge in [-0.25, -0.2) is 0 Å². The van der Waals surface area contributed by atoms with Crippen LogP contribution in [0.5, 0.6) is 0 Å². The van der Waals surface area contributed by atoms with Gasteiger partial charge in [0.15, 0.2) is 0 Å². The summed E-state index contributed by atoms with van der Waals surface area (Å²) in [6.07, 6.45) is 0. The van der Waals surface area contributed by atoms with Gasteiger partial charge in [0.1, 0.15) is 0 Å². The smallest absolute Gasteiger partial charge is 0.294 e. The summed E-state index contributed by atoms with van der Waals surface area (Å²) in [5, 5.41) is 21.6. The minimum Gasteiger partial charge on any atom is -0.489 e. The van der Waals surface area contributed by atoms with E-state index in [0.29, 0.717) is 0 Å². The Labute approximate surface area is 127 Å². The van der Waals surface area contributed by atoms with E-state index >= 15 is 0 Å². The van der Waals surface area contributed by atoms with Crippen LogP contribution in [0.2, 0.25) is 0 Å². The summed E-state index contributed by atoms with van der Waals surface area (Å²) in [5.74, 6) is -1.80. The maximum atomic E-state index is 11.2. The maximum Gasteiger partial charge on any atom is 0.294 e. The monoisotopic (exact) mass is 290 g/mol. The summed E-state index contributed by atoms with van der Waals surface area (Å²) in [6, 6.07) is 14.8. The number of rotatable bonds is 4. The molecule has 3 rings (SSSR count). The van der Waals surface area contributed by atoms with Gasteiger partial charge >= 0.3 is 0 Å². The molecule has 0 amide bonds. The Kier molecular flexibility index (Phi) is 3.59. The Morgan fingerprint density at radius 1 is 0.636 bits per heavy atom. The molecule has 0 spiro atoms. The van der Waals surface area contributed by atoms with Gasteiger partial charge in [-0.2, -0.15) is 0 Å². The fourth-order valence-corrected chi connectivity index (χ4v) is 2.99. The minimum absolute atomic E-state index is 0.0889. The van der Waals surface area contributed by atoms with Gasteiger partial charge in [0.25, 0.3) is 26.3 Å². The molecule has 0 unspecified atom stereocenters. The van der Waals surface area contributed by atoms with Crippen LogP contribution >= 0.6 is 0 Å². The van der Waals surface area contributed by atoms with Gasteiger partial charge in [0, 0.05) is 0 Å². The lowest BCUT2D eigenvalue weighted by Gasteiger charge is -2.14. The van der Waals surface area contributed by atoms with E-state index in [2.05, 4.69) is 0 Å². The summed E-state index contributed by atoms with van der Waals surface area (Å²) in [5.41, 5.74) is 1.46. The van der Waals surface area contributed by atoms with E-state index in [9.17, 15) is 19.8 Å². The molecule has 0 saturated heterocycles. The van der Waals surface area contributed by atoms with Crippen molar-refractivity contribution in [2.45, 2.75) is 0 Å². The summed E-state index contributed by atoms with van der Waals surface area (Å²) < 4.78 is 0. The second-order valence-electron chi connectivity index (χ2n) is 5.19. The zero-order valence-corrected chi connectivity index (χ0v) is 11.7. The zero-order chi connectivity index (χ0) is 15.7. The molecule has 6 heteroatoms. The average Bonchev–Trinajstić information content (AvgIpc) is 2.50. The highest BCUT2D eigenvalue weighted by molar-refractivity contribution is 6.89. The largest absolute Gasteiger partial charge is 0.489 e. The third-order valence-corrected chi connectivity index (χ3v) is 3.81. The van der Waals surface area contributed by atoms with Crippen molar-refractivity contribution >= 4 is 58.8 Å². The van der Waals surface area contributed by atoms with E-state index in [1.54, 1.807) is 0 Å². The lowest BCUT2D eigenvalue weighted by molar-refractivity contribution is 0.219. The van der Waals surface area contributed by atoms with Crippen LogP contribution < -0.4 is 10.9 Å². The molecule has 0 atom stereocenters. The Morgan fingerprint density at radius 2 is 0.909 bits per heavy atom. The van der Waals surface area contributed by atoms with Crippen molar-refractivity contribution in [3.63, 3.8) is 0 Å². The molecule has 0 aromatic heterocycles. The Hall–Kier alpha value is -2.75. The van der Waals surface area contributed by atoms with Crippen molar-refractivity contribution < 1.29 is 19.8 Å². The minimum atomic E-state index is -0.902. The van der Waals surface area contributed by atoms with Crippen LogP contribution in [0.15, 0.2) is 48.5 Å². The predicted octanol–water partition coefficient (Wildman–Crippen LogP) is 1.47. The molecule has 4 nitrogen and oxygen atoms in total. The quantitative estimate of drug-likeness (QED) is 0.563. The molecule has 0 aliphatic carbocycles.